The fourth-order valence-corrected chi connectivity index (χ4v) is 5.61. The van der Waals surface area contributed by atoms with Gasteiger partial charge in [0.25, 0.3) is 11.8 Å². The largest absolute Gasteiger partial charge is 0.474 e. The molecule has 1 aliphatic heterocycles. The van der Waals surface area contributed by atoms with E-state index in [1.165, 1.54) is 11.1 Å². The van der Waals surface area contributed by atoms with Crippen molar-refractivity contribution in [2.45, 2.75) is 69.1 Å². The van der Waals surface area contributed by atoms with Gasteiger partial charge in [0.15, 0.2) is 0 Å². The van der Waals surface area contributed by atoms with Crippen molar-refractivity contribution < 1.29 is 27.9 Å². The summed E-state index contributed by atoms with van der Waals surface area (Å²) in [6.07, 6.45) is 4.19. The quantitative estimate of drug-likeness (QED) is 0.667. The molecular weight excluding hydrogens is 410 g/mol. The predicted octanol–water partition coefficient (Wildman–Crippen LogP) is 2.23. The van der Waals surface area contributed by atoms with E-state index >= 15 is 0 Å². The van der Waals surface area contributed by atoms with Crippen LogP contribution in [0.5, 0.6) is 5.88 Å². The lowest BCUT2D eigenvalue weighted by Crippen LogP contribution is -2.60. The van der Waals surface area contributed by atoms with Gasteiger partial charge in [0.05, 0.1) is 0 Å². The number of hydrogen-bond acceptors (Lipinski definition) is 5. The summed E-state index contributed by atoms with van der Waals surface area (Å²) >= 11 is 0. The monoisotopic (exact) mass is 434 g/mol. The average Bonchev–Trinajstić information content (AvgIpc) is 2.88. The predicted molar refractivity (Wildman–Crippen MR) is 103 cm³/mol. The molecule has 5 rings (SSSR count). The Balaban J connectivity index is 1.12. The minimum Gasteiger partial charge on any atom is -0.474 e. The Morgan fingerprint density at radius 1 is 1.23 bits per heavy atom. The Bertz CT molecular complexity index is 933. The lowest BCUT2D eigenvalue weighted by atomic mass is 9.52. The topological polar surface area (TPSA) is 115 Å². The van der Waals surface area contributed by atoms with E-state index in [4.69, 9.17) is 10.5 Å². The van der Waals surface area contributed by atoms with E-state index in [0.29, 0.717) is 12.8 Å². The van der Waals surface area contributed by atoms with Crippen molar-refractivity contribution in [3.05, 3.63) is 23.9 Å². The Morgan fingerprint density at radius 2 is 1.94 bits per heavy atom. The van der Waals surface area contributed by atoms with Gasteiger partial charge in [-0.2, -0.15) is 0 Å². The molecule has 1 aromatic heterocycles. The van der Waals surface area contributed by atoms with Crippen LogP contribution in [0.25, 0.3) is 0 Å². The zero-order chi connectivity index (χ0) is 22.0. The highest BCUT2D eigenvalue weighted by molar-refractivity contribution is 6.04. The van der Waals surface area contributed by atoms with Crippen LogP contribution >= 0.6 is 0 Å². The number of ether oxygens (including phenoxy) is 1. The number of alkyl halides is 2. The first-order chi connectivity index (χ1) is 14.6. The molecule has 3 N–H and O–H groups in total. The Labute approximate surface area is 177 Å². The van der Waals surface area contributed by atoms with E-state index in [-0.39, 0.29) is 60.1 Å². The lowest BCUT2D eigenvalue weighted by Gasteiger charge is -2.58. The SMILES string of the molecule is NC(=O)c1cccnc1O[C@H]1CC2(C1)C[C@H](N1C(=O)NC(CC3CC(F)(F)C3)C1=O)C2. The molecule has 3 saturated carbocycles. The number of amides is 4. The summed E-state index contributed by atoms with van der Waals surface area (Å²) in [5.74, 6) is -3.53. The highest BCUT2D eigenvalue weighted by atomic mass is 19.3. The molecule has 1 spiro atoms. The average molecular weight is 434 g/mol. The maximum absolute atomic E-state index is 13.0. The van der Waals surface area contributed by atoms with Crippen molar-refractivity contribution in [2.24, 2.45) is 17.1 Å². The third-order valence-corrected chi connectivity index (χ3v) is 7.13. The molecule has 1 unspecified atom stereocenters. The fourth-order valence-electron chi connectivity index (χ4n) is 5.61. The number of primary amides is 1. The Morgan fingerprint density at radius 3 is 2.58 bits per heavy atom. The second-order valence-corrected chi connectivity index (χ2v) is 9.51. The lowest BCUT2D eigenvalue weighted by molar-refractivity contribution is -0.143. The molecule has 0 aromatic carbocycles. The molecule has 4 fully saturated rings. The number of nitrogens with two attached hydrogens (primary N) is 1. The van der Waals surface area contributed by atoms with Crippen LogP contribution in [0.15, 0.2) is 18.3 Å². The summed E-state index contributed by atoms with van der Waals surface area (Å²) in [6.45, 7) is 0. The van der Waals surface area contributed by atoms with Gasteiger partial charge >= 0.3 is 6.03 Å². The van der Waals surface area contributed by atoms with Gasteiger partial charge in [0, 0.05) is 25.1 Å². The number of carbonyl (C=O) groups excluding carboxylic acids is 3. The molecule has 4 aliphatic rings. The fraction of sp³-hybridized carbons (Fsp3) is 0.619. The van der Waals surface area contributed by atoms with E-state index in [1.54, 1.807) is 12.1 Å². The molecule has 10 heteroatoms. The van der Waals surface area contributed by atoms with Crippen LogP contribution in [0.4, 0.5) is 13.6 Å². The van der Waals surface area contributed by atoms with Crippen LogP contribution in [0.1, 0.15) is 55.3 Å². The molecule has 31 heavy (non-hydrogen) atoms. The van der Waals surface area contributed by atoms with Crippen molar-refractivity contribution in [2.75, 3.05) is 0 Å². The minimum absolute atomic E-state index is 0.0195. The maximum Gasteiger partial charge on any atom is 0.325 e. The number of imide groups is 1. The van der Waals surface area contributed by atoms with Gasteiger partial charge in [0.2, 0.25) is 11.8 Å². The number of nitrogens with one attached hydrogen (secondary N) is 1. The normalized spacial score (nSPS) is 34.0. The van der Waals surface area contributed by atoms with E-state index < -0.39 is 23.9 Å². The molecule has 3 aliphatic carbocycles. The van der Waals surface area contributed by atoms with Gasteiger partial charge in [-0.05, 0) is 55.6 Å². The van der Waals surface area contributed by atoms with Crippen molar-refractivity contribution in [3.63, 3.8) is 0 Å². The molecular formula is C21H24F2N4O4. The Hall–Kier alpha value is -2.78. The van der Waals surface area contributed by atoms with E-state index in [1.807, 2.05) is 0 Å². The smallest absolute Gasteiger partial charge is 0.325 e. The van der Waals surface area contributed by atoms with Crippen LogP contribution in [0.3, 0.4) is 0 Å². The number of aromatic nitrogens is 1. The summed E-state index contributed by atoms with van der Waals surface area (Å²) in [5.41, 5.74) is 5.61. The molecule has 8 nitrogen and oxygen atoms in total. The van der Waals surface area contributed by atoms with Gasteiger partial charge in [-0.3, -0.25) is 14.5 Å². The number of rotatable bonds is 6. The van der Waals surface area contributed by atoms with E-state index in [2.05, 4.69) is 10.3 Å². The van der Waals surface area contributed by atoms with Crippen LogP contribution in [0, 0.1) is 11.3 Å². The molecule has 1 saturated heterocycles. The molecule has 166 valence electrons. The number of carbonyl (C=O) groups is 3. The van der Waals surface area contributed by atoms with Crippen LogP contribution < -0.4 is 15.8 Å². The first-order valence-corrected chi connectivity index (χ1v) is 10.6. The van der Waals surface area contributed by atoms with Gasteiger partial charge in [-0.25, -0.2) is 18.6 Å². The summed E-state index contributed by atoms with van der Waals surface area (Å²) < 4.78 is 31.9. The van der Waals surface area contributed by atoms with Crippen LogP contribution in [-0.2, 0) is 4.79 Å². The zero-order valence-electron chi connectivity index (χ0n) is 16.9. The molecule has 0 radical (unpaired) electrons. The number of halogens is 2. The highest BCUT2D eigenvalue weighted by Gasteiger charge is 2.59. The number of nitrogens with zero attached hydrogens (tertiary/aromatic N) is 2. The minimum atomic E-state index is -2.63. The van der Waals surface area contributed by atoms with Crippen LogP contribution in [0.2, 0.25) is 0 Å². The van der Waals surface area contributed by atoms with Crippen LogP contribution in [-0.4, -0.2) is 51.8 Å². The third kappa shape index (κ3) is 3.51. The summed E-state index contributed by atoms with van der Waals surface area (Å²) in [6, 6.07) is 1.90. The van der Waals surface area contributed by atoms with Gasteiger partial charge < -0.3 is 15.8 Å². The molecule has 1 aromatic rings. The first kappa shape index (κ1) is 20.1. The second-order valence-electron chi connectivity index (χ2n) is 9.51. The van der Waals surface area contributed by atoms with Crippen molar-refractivity contribution >= 4 is 17.8 Å². The van der Waals surface area contributed by atoms with Crippen molar-refractivity contribution in [3.8, 4) is 5.88 Å². The van der Waals surface area contributed by atoms with E-state index in [0.717, 1.165) is 12.8 Å². The molecule has 2 heterocycles. The second kappa shape index (κ2) is 6.86. The number of urea groups is 1. The number of pyridine rings is 1. The van der Waals surface area contributed by atoms with Gasteiger partial charge in [0.1, 0.15) is 17.7 Å². The van der Waals surface area contributed by atoms with Gasteiger partial charge in [-0.15, -0.1) is 0 Å². The van der Waals surface area contributed by atoms with E-state index in [9.17, 15) is 23.2 Å². The molecule has 4 amide bonds. The van der Waals surface area contributed by atoms with Crippen molar-refractivity contribution in [1.29, 1.82) is 0 Å². The molecule has 1 atom stereocenters. The maximum atomic E-state index is 13.0. The van der Waals surface area contributed by atoms with Gasteiger partial charge in [-0.1, -0.05) is 0 Å². The summed E-state index contributed by atoms with van der Waals surface area (Å²) in [4.78, 5) is 41.9. The van der Waals surface area contributed by atoms with Crippen molar-refractivity contribution in [1.82, 2.24) is 15.2 Å². The molecule has 0 bridgehead atoms. The Kier molecular flexibility index (Phi) is 4.46. The summed E-state index contributed by atoms with van der Waals surface area (Å²) in [7, 11) is 0. The first-order valence-electron chi connectivity index (χ1n) is 10.6. The highest BCUT2D eigenvalue weighted by Crippen LogP contribution is 2.58. The number of hydrogen-bond donors (Lipinski definition) is 2. The third-order valence-electron chi connectivity index (χ3n) is 7.13. The standard InChI is InChI=1S/C21H24F2N4O4/c22-21(23)5-11(6-21)4-15-18(29)27(19(30)26-15)12-7-20(8-12)9-13(10-20)31-17-14(16(24)28)2-1-3-25-17/h1-3,11-13,15H,4-10H2,(H2,24,28)(H,26,30)/t12-,13-,15?,20?. The zero-order valence-corrected chi connectivity index (χ0v) is 16.9. The summed E-state index contributed by atoms with van der Waals surface area (Å²) in [5, 5.41) is 2.67.